The molecule has 0 bridgehead atoms. The molecule has 0 aromatic carbocycles. The average molecular weight is 251 g/mol. The predicted octanol–water partition coefficient (Wildman–Crippen LogP) is -2.73. The van der Waals surface area contributed by atoms with Crippen molar-refractivity contribution in [3.8, 4) is 0 Å². The maximum absolute atomic E-state index is 9.34. The molecule has 0 spiro atoms. The summed E-state index contributed by atoms with van der Waals surface area (Å²) in [5, 5.41) is 53.7. The number of aliphatic imine (C=N–C) groups is 1. The number of hydrogen-bond acceptors (Lipinski definition) is 7. The number of nitrogens with zero attached hydrogens (tertiary/aromatic N) is 1. The fraction of sp³-hybridized carbons (Fsp3) is 0.900. The van der Waals surface area contributed by atoms with Gasteiger partial charge in [-0.2, -0.15) is 0 Å². The monoisotopic (exact) mass is 251 g/mol. The summed E-state index contributed by atoms with van der Waals surface area (Å²) in [5.41, 5.74) is 0. The molecule has 17 heavy (non-hydrogen) atoms. The fourth-order valence-corrected chi connectivity index (χ4v) is 1.18. The van der Waals surface area contributed by atoms with Crippen LogP contribution in [0.4, 0.5) is 0 Å². The molecule has 0 saturated carbocycles. The van der Waals surface area contributed by atoms with Crippen molar-refractivity contribution in [3.05, 3.63) is 0 Å². The highest BCUT2D eigenvalue weighted by Crippen LogP contribution is 1.99. The third-order valence-corrected chi connectivity index (χ3v) is 2.07. The third-order valence-electron chi connectivity index (χ3n) is 2.07. The van der Waals surface area contributed by atoms with Gasteiger partial charge in [0.1, 0.15) is 0 Å². The molecule has 102 valence electrons. The number of aliphatic hydroxyl groups is 6. The first kappa shape index (κ1) is 16.4. The minimum atomic E-state index is -1.00. The molecule has 7 heteroatoms. The van der Waals surface area contributed by atoms with Crippen molar-refractivity contribution in [1.29, 1.82) is 0 Å². The second kappa shape index (κ2) is 9.46. The molecule has 0 aromatic heterocycles. The summed E-state index contributed by atoms with van der Waals surface area (Å²) >= 11 is 0. The Labute approximate surface area is 99.7 Å². The van der Waals surface area contributed by atoms with Gasteiger partial charge in [-0.05, 0) is 0 Å². The molecule has 7 nitrogen and oxygen atoms in total. The zero-order chi connectivity index (χ0) is 13.3. The molecule has 0 fully saturated rings. The summed E-state index contributed by atoms with van der Waals surface area (Å²) < 4.78 is 0. The minimum absolute atomic E-state index is 0.00317. The first-order valence-corrected chi connectivity index (χ1v) is 5.43. The van der Waals surface area contributed by atoms with E-state index in [1.54, 1.807) is 0 Å². The average Bonchev–Trinajstić information content (AvgIpc) is 2.28. The smallest absolute Gasteiger partial charge is 0.0912 e. The van der Waals surface area contributed by atoms with Crippen molar-refractivity contribution in [3.63, 3.8) is 0 Å². The summed E-state index contributed by atoms with van der Waals surface area (Å²) in [6.45, 7) is -0.869. The van der Waals surface area contributed by atoms with Crippen LogP contribution in [0.2, 0.25) is 0 Å². The summed E-state index contributed by atoms with van der Waals surface area (Å²) in [6.07, 6.45) is -2.75. The van der Waals surface area contributed by atoms with E-state index in [0.29, 0.717) is 0 Å². The molecule has 0 aliphatic heterocycles. The molecule has 0 radical (unpaired) electrons. The first-order chi connectivity index (χ1) is 7.99. The Morgan fingerprint density at radius 1 is 0.824 bits per heavy atom. The quantitative estimate of drug-likeness (QED) is 0.246. The molecule has 0 rings (SSSR count). The van der Waals surface area contributed by atoms with E-state index in [1.807, 2.05) is 0 Å². The standard InChI is InChI=1S/C10H21NO6/c12-5-9(16)1-7(14)3-11-4-8(15)2-10(17)6-13/h3,7-10,12-17H,1-2,4-6H2/b11-3+. The lowest BCUT2D eigenvalue weighted by Crippen LogP contribution is -2.24. The van der Waals surface area contributed by atoms with Crippen LogP contribution in [-0.2, 0) is 0 Å². The van der Waals surface area contributed by atoms with E-state index in [4.69, 9.17) is 20.4 Å². The SMILES string of the molecule is OCC(O)CC(O)/C=N/CC(O)CC(O)CO. The number of hydrogen-bond donors (Lipinski definition) is 6. The Bertz CT molecular complexity index is 213. The zero-order valence-electron chi connectivity index (χ0n) is 9.55. The van der Waals surface area contributed by atoms with Gasteiger partial charge < -0.3 is 30.6 Å². The molecule has 6 N–H and O–H groups in total. The molecule has 0 amide bonds. The molecule has 0 aliphatic rings. The normalized spacial score (nSPS) is 19.2. The van der Waals surface area contributed by atoms with E-state index in [9.17, 15) is 10.2 Å². The molecule has 0 heterocycles. The van der Waals surface area contributed by atoms with Gasteiger partial charge in [-0.1, -0.05) is 0 Å². The lowest BCUT2D eigenvalue weighted by Gasteiger charge is -2.12. The third kappa shape index (κ3) is 9.16. The van der Waals surface area contributed by atoms with Crippen LogP contribution in [0.25, 0.3) is 0 Å². The highest BCUT2D eigenvalue weighted by molar-refractivity contribution is 5.62. The van der Waals surface area contributed by atoms with E-state index in [-0.39, 0.29) is 19.4 Å². The number of rotatable bonds is 9. The van der Waals surface area contributed by atoms with Gasteiger partial charge in [-0.25, -0.2) is 0 Å². The first-order valence-electron chi connectivity index (χ1n) is 5.43. The van der Waals surface area contributed by atoms with Gasteiger partial charge in [-0.15, -0.1) is 0 Å². The van der Waals surface area contributed by atoms with Gasteiger partial charge in [0.15, 0.2) is 0 Å². The molecular weight excluding hydrogens is 230 g/mol. The van der Waals surface area contributed by atoms with Crippen molar-refractivity contribution in [2.24, 2.45) is 4.99 Å². The highest BCUT2D eigenvalue weighted by Gasteiger charge is 2.11. The topological polar surface area (TPSA) is 134 Å². The minimum Gasteiger partial charge on any atom is -0.394 e. The lowest BCUT2D eigenvalue weighted by atomic mass is 10.1. The van der Waals surface area contributed by atoms with Crippen LogP contribution in [-0.4, -0.2) is 81.0 Å². The summed E-state index contributed by atoms with van der Waals surface area (Å²) in [7, 11) is 0. The van der Waals surface area contributed by atoms with Crippen LogP contribution >= 0.6 is 0 Å². The van der Waals surface area contributed by atoms with Crippen LogP contribution in [0.5, 0.6) is 0 Å². The highest BCUT2D eigenvalue weighted by atomic mass is 16.3. The Balaban J connectivity index is 3.77. The molecule has 0 aliphatic carbocycles. The molecule has 4 atom stereocenters. The van der Waals surface area contributed by atoms with E-state index < -0.39 is 37.6 Å². The van der Waals surface area contributed by atoms with E-state index in [1.165, 1.54) is 0 Å². The van der Waals surface area contributed by atoms with Crippen molar-refractivity contribution in [1.82, 2.24) is 0 Å². The second-order valence-corrected chi connectivity index (χ2v) is 3.88. The summed E-state index contributed by atoms with van der Waals surface area (Å²) in [5.74, 6) is 0. The van der Waals surface area contributed by atoms with Crippen LogP contribution in [0.3, 0.4) is 0 Å². The van der Waals surface area contributed by atoms with Gasteiger partial charge in [0, 0.05) is 19.1 Å². The molecular formula is C10H21NO6. The molecule has 0 saturated heterocycles. The van der Waals surface area contributed by atoms with Crippen molar-refractivity contribution >= 4 is 6.21 Å². The van der Waals surface area contributed by atoms with Crippen LogP contribution in [0, 0.1) is 0 Å². The summed E-state index contributed by atoms with van der Waals surface area (Å²) in [4.78, 5) is 3.74. The maximum atomic E-state index is 9.34. The van der Waals surface area contributed by atoms with Gasteiger partial charge >= 0.3 is 0 Å². The Hall–Kier alpha value is -0.570. The van der Waals surface area contributed by atoms with Gasteiger partial charge in [0.25, 0.3) is 0 Å². The van der Waals surface area contributed by atoms with Gasteiger partial charge in [0.2, 0.25) is 0 Å². The van der Waals surface area contributed by atoms with Gasteiger partial charge in [-0.3, -0.25) is 4.99 Å². The Morgan fingerprint density at radius 2 is 1.35 bits per heavy atom. The maximum Gasteiger partial charge on any atom is 0.0912 e. The van der Waals surface area contributed by atoms with Crippen LogP contribution < -0.4 is 0 Å². The van der Waals surface area contributed by atoms with Crippen LogP contribution in [0.15, 0.2) is 4.99 Å². The second-order valence-electron chi connectivity index (χ2n) is 3.88. The van der Waals surface area contributed by atoms with Crippen LogP contribution in [0.1, 0.15) is 12.8 Å². The fourth-order valence-electron chi connectivity index (χ4n) is 1.18. The molecule has 4 unspecified atom stereocenters. The number of aliphatic hydroxyl groups excluding tert-OH is 6. The van der Waals surface area contributed by atoms with Crippen molar-refractivity contribution in [2.45, 2.75) is 37.3 Å². The lowest BCUT2D eigenvalue weighted by molar-refractivity contribution is 0.0447. The van der Waals surface area contributed by atoms with E-state index in [0.717, 1.165) is 6.21 Å². The van der Waals surface area contributed by atoms with Crippen molar-refractivity contribution in [2.75, 3.05) is 19.8 Å². The largest absolute Gasteiger partial charge is 0.394 e. The predicted molar refractivity (Wildman–Crippen MR) is 60.8 cm³/mol. The Kier molecular flexibility index (Phi) is 9.14. The summed E-state index contributed by atoms with van der Waals surface area (Å²) in [6, 6.07) is 0. The zero-order valence-corrected chi connectivity index (χ0v) is 9.55. The van der Waals surface area contributed by atoms with Gasteiger partial charge in [0.05, 0.1) is 44.2 Å². The Morgan fingerprint density at radius 3 is 1.88 bits per heavy atom. The molecule has 0 aromatic rings. The van der Waals surface area contributed by atoms with E-state index >= 15 is 0 Å². The van der Waals surface area contributed by atoms with Crippen molar-refractivity contribution < 1.29 is 30.6 Å². The van der Waals surface area contributed by atoms with E-state index in [2.05, 4.69) is 4.99 Å².